The highest BCUT2D eigenvalue weighted by atomic mass is 16.5. The van der Waals surface area contributed by atoms with E-state index in [1.54, 1.807) is 4.90 Å². The number of rotatable bonds is 5. The SMILES string of the molecule is CN1CCCN(C(=O)CCCOc2ccccc2)c2nc3ccccc3nc21. The number of fused-ring (bicyclic) bond motifs is 2. The molecule has 0 bridgehead atoms. The van der Waals surface area contributed by atoms with Gasteiger partial charge in [0.25, 0.3) is 0 Å². The molecule has 0 saturated heterocycles. The molecule has 144 valence electrons. The molecule has 2 aromatic carbocycles. The Morgan fingerprint density at radius 3 is 2.39 bits per heavy atom. The number of hydrogen-bond donors (Lipinski definition) is 0. The maximum atomic E-state index is 13.0. The molecule has 0 aliphatic carbocycles. The molecule has 1 aromatic heterocycles. The standard InChI is InChI=1S/C22H24N4O2/c1-25-14-8-15-26(20(27)13-7-16-28-17-9-3-2-4-10-17)22-21(25)23-18-11-5-6-12-19(18)24-22/h2-6,9-12H,7-8,13-16H2,1H3. The van der Waals surface area contributed by atoms with Crippen molar-refractivity contribution in [2.45, 2.75) is 19.3 Å². The van der Waals surface area contributed by atoms with Crippen molar-refractivity contribution in [2.24, 2.45) is 0 Å². The first kappa shape index (κ1) is 18.2. The number of ether oxygens (including phenoxy) is 1. The first-order valence-electron chi connectivity index (χ1n) is 9.68. The minimum atomic E-state index is 0.0674. The minimum Gasteiger partial charge on any atom is -0.494 e. The van der Waals surface area contributed by atoms with Gasteiger partial charge in [-0.25, -0.2) is 9.97 Å². The first-order chi connectivity index (χ1) is 13.7. The molecule has 0 radical (unpaired) electrons. The zero-order chi connectivity index (χ0) is 19.3. The molecule has 4 rings (SSSR count). The zero-order valence-electron chi connectivity index (χ0n) is 16.0. The Balaban J connectivity index is 1.48. The zero-order valence-corrected chi connectivity index (χ0v) is 16.0. The maximum absolute atomic E-state index is 13.0. The summed E-state index contributed by atoms with van der Waals surface area (Å²) in [5, 5.41) is 0. The van der Waals surface area contributed by atoms with E-state index >= 15 is 0 Å². The number of aromatic nitrogens is 2. The minimum absolute atomic E-state index is 0.0674. The lowest BCUT2D eigenvalue weighted by Gasteiger charge is -2.23. The smallest absolute Gasteiger partial charge is 0.228 e. The van der Waals surface area contributed by atoms with E-state index in [-0.39, 0.29) is 5.91 Å². The third-order valence-electron chi connectivity index (χ3n) is 4.87. The maximum Gasteiger partial charge on any atom is 0.228 e. The fourth-order valence-electron chi connectivity index (χ4n) is 3.40. The van der Waals surface area contributed by atoms with Crippen LogP contribution in [-0.2, 0) is 4.79 Å². The van der Waals surface area contributed by atoms with Crippen LogP contribution >= 0.6 is 0 Å². The Bertz CT molecular complexity index is 961. The predicted molar refractivity (Wildman–Crippen MR) is 111 cm³/mol. The number of anilines is 2. The monoisotopic (exact) mass is 376 g/mol. The molecular weight excluding hydrogens is 352 g/mol. The fourth-order valence-corrected chi connectivity index (χ4v) is 3.40. The third kappa shape index (κ3) is 3.91. The summed E-state index contributed by atoms with van der Waals surface area (Å²) in [7, 11) is 2.00. The van der Waals surface area contributed by atoms with Crippen LogP contribution in [0.3, 0.4) is 0 Å². The van der Waals surface area contributed by atoms with Gasteiger partial charge >= 0.3 is 0 Å². The van der Waals surface area contributed by atoms with Crippen molar-refractivity contribution < 1.29 is 9.53 Å². The van der Waals surface area contributed by atoms with Crippen LogP contribution in [0.1, 0.15) is 19.3 Å². The van der Waals surface area contributed by atoms with Crippen LogP contribution in [0.2, 0.25) is 0 Å². The van der Waals surface area contributed by atoms with Gasteiger partial charge in [-0.2, -0.15) is 0 Å². The summed E-state index contributed by atoms with van der Waals surface area (Å²) in [5.41, 5.74) is 1.65. The van der Waals surface area contributed by atoms with E-state index in [1.165, 1.54) is 0 Å². The molecule has 0 N–H and O–H groups in total. The Morgan fingerprint density at radius 1 is 0.964 bits per heavy atom. The summed E-state index contributed by atoms with van der Waals surface area (Å²) >= 11 is 0. The lowest BCUT2D eigenvalue weighted by atomic mass is 10.2. The van der Waals surface area contributed by atoms with Gasteiger partial charge in [0, 0.05) is 26.6 Å². The Hall–Kier alpha value is -3.15. The molecule has 6 nitrogen and oxygen atoms in total. The van der Waals surface area contributed by atoms with Gasteiger partial charge in [-0.3, -0.25) is 9.69 Å². The molecule has 0 atom stereocenters. The molecular formula is C22H24N4O2. The molecule has 6 heteroatoms. The number of hydrogen-bond acceptors (Lipinski definition) is 5. The summed E-state index contributed by atoms with van der Waals surface area (Å²) in [6.45, 7) is 2.02. The van der Waals surface area contributed by atoms with Crippen molar-refractivity contribution in [2.75, 3.05) is 36.5 Å². The summed E-state index contributed by atoms with van der Waals surface area (Å²) in [6, 6.07) is 17.5. The number of nitrogens with zero attached hydrogens (tertiary/aromatic N) is 4. The molecule has 0 spiro atoms. The third-order valence-corrected chi connectivity index (χ3v) is 4.87. The number of para-hydroxylation sites is 3. The summed E-state index contributed by atoms with van der Waals surface area (Å²) < 4.78 is 5.71. The van der Waals surface area contributed by atoms with Gasteiger partial charge in [-0.1, -0.05) is 30.3 Å². The van der Waals surface area contributed by atoms with Crippen molar-refractivity contribution in [3.8, 4) is 5.75 Å². The molecule has 1 amide bonds. The highest BCUT2D eigenvalue weighted by Crippen LogP contribution is 2.30. The first-order valence-corrected chi connectivity index (χ1v) is 9.68. The summed E-state index contributed by atoms with van der Waals surface area (Å²) in [6.07, 6.45) is 1.97. The van der Waals surface area contributed by atoms with Gasteiger partial charge in [0.05, 0.1) is 17.6 Å². The molecule has 1 aliphatic heterocycles. The van der Waals surface area contributed by atoms with Crippen LogP contribution < -0.4 is 14.5 Å². The van der Waals surface area contributed by atoms with Crippen molar-refractivity contribution in [3.63, 3.8) is 0 Å². The highest BCUT2D eigenvalue weighted by Gasteiger charge is 2.26. The van der Waals surface area contributed by atoms with Gasteiger partial charge in [-0.05, 0) is 37.1 Å². The molecule has 1 aliphatic rings. The molecule has 0 saturated carbocycles. The van der Waals surface area contributed by atoms with E-state index in [0.29, 0.717) is 31.8 Å². The summed E-state index contributed by atoms with van der Waals surface area (Å²) in [5.74, 6) is 2.32. The second-order valence-electron chi connectivity index (χ2n) is 6.95. The molecule has 2 heterocycles. The molecule has 0 fully saturated rings. The lowest BCUT2D eigenvalue weighted by molar-refractivity contribution is -0.118. The van der Waals surface area contributed by atoms with E-state index in [1.807, 2.05) is 61.6 Å². The fraction of sp³-hybridized carbons (Fsp3) is 0.318. The van der Waals surface area contributed by atoms with Crippen LogP contribution in [0.25, 0.3) is 11.0 Å². The Labute approximate surface area is 164 Å². The van der Waals surface area contributed by atoms with Gasteiger partial charge in [0.2, 0.25) is 5.91 Å². The molecule has 0 unspecified atom stereocenters. The average molecular weight is 376 g/mol. The number of benzene rings is 2. The van der Waals surface area contributed by atoms with Gasteiger partial charge in [0.1, 0.15) is 5.75 Å². The Morgan fingerprint density at radius 2 is 1.64 bits per heavy atom. The second kappa shape index (κ2) is 8.25. The van der Waals surface area contributed by atoms with Crippen molar-refractivity contribution >= 4 is 28.6 Å². The van der Waals surface area contributed by atoms with E-state index in [0.717, 1.165) is 35.6 Å². The lowest BCUT2D eigenvalue weighted by Crippen LogP contribution is -2.32. The van der Waals surface area contributed by atoms with E-state index in [4.69, 9.17) is 14.7 Å². The van der Waals surface area contributed by atoms with Gasteiger partial charge in [-0.15, -0.1) is 0 Å². The predicted octanol–water partition coefficient (Wildman–Crippen LogP) is 3.66. The van der Waals surface area contributed by atoms with Crippen molar-refractivity contribution in [1.82, 2.24) is 9.97 Å². The van der Waals surface area contributed by atoms with Crippen molar-refractivity contribution in [1.29, 1.82) is 0 Å². The molecule has 28 heavy (non-hydrogen) atoms. The number of carbonyl (C=O) groups is 1. The van der Waals surface area contributed by atoms with Crippen LogP contribution in [0.4, 0.5) is 11.6 Å². The van der Waals surface area contributed by atoms with E-state index < -0.39 is 0 Å². The van der Waals surface area contributed by atoms with E-state index in [9.17, 15) is 4.79 Å². The van der Waals surface area contributed by atoms with Crippen LogP contribution in [0.5, 0.6) is 5.75 Å². The largest absolute Gasteiger partial charge is 0.494 e. The van der Waals surface area contributed by atoms with Crippen molar-refractivity contribution in [3.05, 3.63) is 54.6 Å². The quantitative estimate of drug-likeness (QED) is 0.636. The van der Waals surface area contributed by atoms with Gasteiger partial charge < -0.3 is 9.64 Å². The number of carbonyl (C=O) groups excluding carboxylic acids is 1. The van der Waals surface area contributed by atoms with Crippen LogP contribution in [-0.4, -0.2) is 42.6 Å². The normalized spacial score (nSPS) is 13.9. The topological polar surface area (TPSA) is 58.6 Å². The van der Waals surface area contributed by atoms with E-state index in [2.05, 4.69) is 4.90 Å². The second-order valence-corrected chi connectivity index (χ2v) is 6.95. The average Bonchev–Trinajstić information content (AvgIpc) is 2.89. The summed E-state index contributed by atoms with van der Waals surface area (Å²) in [4.78, 5) is 26.4. The number of amides is 1. The highest BCUT2D eigenvalue weighted by molar-refractivity contribution is 5.96. The van der Waals surface area contributed by atoms with Crippen LogP contribution in [0, 0.1) is 0 Å². The molecule has 3 aromatic rings. The Kier molecular flexibility index (Phi) is 5.37. The van der Waals surface area contributed by atoms with Gasteiger partial charge in [0.15, 0.2) is 11.6 Å². The van der Waals surface area contributed by atoms with Crippen LogP contribution in [0.15, 0.2) is 54.6 Å².